The lowest BCUT2D eigenvalue weighted by atomic mass is 9.96. The summed E-state index contributed by atoms with van der Waals surface area (Å²) in [6.07, 6.45) is 1.80. The minimum atomic E-state index is 0.385. The van der Waals surface area contributed by atoms with E-state index in [1.807, 2.05) is 42.5 Å². The van der Waals surface area contributed by atoms with Crippen molar-refractivity contribution in [2.75, 3.05) is 0 Å². The highest BCUT2D eigenvalue weighted by Crippen LogP contribution is 2.38. The summed E-state index contributed by atoms with van der Waals surface area (Å²) < 4.78 is 6.43. The lowest BCUT2D eigenvalue weighted by Gasteiger charge is -2.08. The molecule has 0 unspecified atom stereocenters. The van der Waals surface area contributed by atoms with Crippen LogP contribution in [0.1, 0.15) is 16.9 Å². The van der Waals surface area contributed by atoms with Crippen molar-refractivity contribution in [3.05, 3.63) is 126 Å². The average molecular weight is 432 g/mol. The summed E-state index contributed by atoms with van der Waals surface area (Å²) >= 11 is 6.48. The Morgan fingerprint density at radius 3 is 2.22 bits per heavy atom. The van der Waals surface area contributed by atoms with Gasteiger partial charge in [-0.1, -0.05) is 91.0 Å². The first-order valence-corrected chi connectivity index (χ1v) is 10.8. The van der Waals surface area contributed by atoms with Crippen molar-refractivity contribution < 1.29 is 4.42 Å². The number of aliphatic imine (C=N–C) groups is 1. The second-order valence-electron chi connectivity index (χ2n) is 7.90. The van der Waals surface area contributed by atoms with Gasteiger partial charge in [-0.15, -0.1) is 0 Å². The third-order valence-corrected chi connectivity index (χ3v) is 6.04. The monoisotopic (exact) mass is 431 g/mol. The van der Waals surface area contributed by atoms with Crippen LogP contribution in [-0.2, 0) is 0 Å². The van der Waals surface area contributed by atoms with E-state index in [4.69, 9.17) is 21.0 Å². The van der Waals surface area contributed by atoms with Crippen LogP contribution in [0.4, 0.5) is 0 Å². The molecule has 0 amide bonds. The minimum Gasteiger partial charge on any atom is -0.454 e. The highest BCUT2D eigenvalue weighted by molar-refractivity contribution is 6.33. The maximum absolute atomic E-state index is 6.48. The summed E-state index contributed by atoms with van der Waals surface area (Å²) in [6, 6.07) is 31.1. The summed E-state index contributed by atoms with van der Waals surface area (Å²) in [5.74, 6) is 0.692. The average Bonchev–Trinajstić information content (AvgIpc) is 3.13. The minimum absolute atomic E-state index is 0.385. The number of nitrogens with zero attached hydrogens (tertiary/aromatic N) is 1. The molecule has 0 saturated heterocycles. The molecule has 6 rings (SSSR count). The fourth-order valence-corrected chi connectivity index (χ4v) is 4.56. The van der Waals surface area contributed by atoms with Crippen molar-refractivity contribution in [2.24, 2.45) is 4.99 Å². The summed E-state index contributed by atoms with van der Waals surface area (Å²) in [4.78, 5) is 4.73. The van der Waals surface area contributed by atoms with Crippen LogP contribution in [-0.4, -0.2) is 5.71 Å². The number of benzene rings is 4. The third kappa shape index (κ3) is 3.08. The van der Waals surface area contributed by atoms with Gasteiger partial charge in [-0.3, -0.25) is 0 Å². The van der Waals surface area contributed by atoms with Crippen LogP contribution in [0.25, 0.3) is 38.4 Å². The van der Waals surface area contributed by atoms with Crippen LogP contribution in [0, 0.1) is 0 Å². The Labute approximate surface area is 190 Å². The highest BCUT2D eigenvalue weighted by atomic mass is 35.5. The van der Waals surface area contributed by atoms with Crippen LogP contribution >= 0.6 is 11.6 Å². The first kappa shape index (κ1) is 18.9. The second-order valence-corrected chi connectivity index (χ2v) is 8.29. The van der Waals surface area contributed by atoms with Crippen molar-refractivity contribution in [1.29, 1.82) is 0 Å². The van der Waals surface area contributed by atoms with Crippen LogP contribution in [0.3, 0.4) is 0 Å². The summed E-state index contributed by atoms with van der Waals surface area (Å²) in [7, 11) is 0. The van der Waals surface area contributed by atoms with Crippen molar-refractivity contribution in [3.63, 3.8) is 0 Å². The lowest BCUT2D eigenvalue weighted by Crippen LogP contribution is -2.04. The molecule has 3 heteroatoms. The molecule has 0 radical (unpaired) electrons. The molecule has 32 heavy (non-hydrogen) atoms. The Morgan fingerprint density at radius 1 is 0.719 bits per heavy atom. The number of allylic oxidation sites excluding steroid dienone is 2. The second kappa shape index (κ2) is 7.37. The van der Waals surface area contributed by atoms with Crippen molar-refractivity contribution >= 4 is 44.6 Å². The zero-order valence-corrected chi connectivity index (χ0v) is 17.9. The molecule has 0 spiro atoms. The van der Waals surface area contributed by atoms with E-state index in [2.05, 4.69) is 55.1 Å². The fourth-order valence-electron chi connectivity index (χ4n) is 4.35. The highest BCUT2D eigenvalue weighted by Gasteiger charge is 2.25. The largest absolute Gasteiger partial charge is 0.454 e. The van der Waals surface area contributed by atoms with Gasteiger partial charge in [0.2, 0.25) is 0 Å². The predicted molar refractivity (Wildman–Crippen MR) is 134 cm³/mol. The number of furan rings is 1. The molecule has 5 aromatic rings. The Bertz CT molecular complexity index is 1590. The molecule has 2 heterocycles. The van der Waals surface area contributed by atoms with E-state index in [9.17, 15) is 0 Å². The molecule has 0 N–H and O–H groups in total. The van der Waals surface area contributed by atoms with Gasteiger partial charge in [-0.25, -0.2) is 4.99 Å². The molecular formula is C29H18ClNO. The standard InChI is InChI=1S/C29H18ClNO/c1-18-14-26(30)31-28(23-13-7-12-20(15-23)19-8-3-2-4-9-19)29-27(18)24-16-21-10-5-6-11-22(21)17-25(24)32-29/h2-17H,1H2. The van der Waals surface area contributed by atoms with Crippen molar-refractivity contribution in [1.82, 2.24) is 0 Å². The first-order valence-electron chi connectivity index (χ1n) is 10.4. The fraction of sp³-hybridized carbons (Fsp3) is 0. The predicted octanol–water partition coefficient (Wildman–Crippen LogP) is 8.20. The van der Waals surface area contributed by atoms with Crippen molar-refractivity contribution in [2.45, 2.75) is 0 Å². The normalized spacial score (nSPS) is 13.6. The molecule has 0 bridgehead atoms. The van der Waals surface area contributed by atoms with Crippen LogP contribution < -0.4 is 0 Å². The van der Waals surface area contributed by atoms with Gasteiger partial charge in [0.15, 0.2) is 5.76 Å². The zero-order chi connectivity index (χ0) is 21.7. The number of fused-ring (bicyclic) bond motifs is 4. The summed E-state index contributed by atoms with van der Waals surface area (Å²) in [5.41, 5.74) is 6.44. The third-order valence-electron chi connectivity index (χ3n) is 5.85. The van der Waals surface area contributed by atoms with Gasteiger partial charge in [0.1, 0.15) is 16.5 Å². The molecule has 152 valence electrons. The Hall–Kier alpha value is -3.88. The molecule has 1 aliphatic heterocycles. The summed E-state index contributed by atoms with van der Waals surface area (Å²) in [5, 5.41) is 3.68. The first-order chi connectivity index (χ1) is 15.7. The topological polar surface area (TPSA) is 25.5 Å². The van der Waals surface area contributed by atoms with Gasteiger partial charge in [-0.05, 0) is 51.7 Å². The molecular weight excluding hydrogens is 414 g/mol. The molecule has 2 nitrogen and oxygen atoms in total. The molecule has 1 aromatic heterocycles. The van der Waals surface area contributed by atoms with Gasteiger partial charge < -0.3 is 4.42 Å². The van der Waals surface area contributed by atoms with E-state index in [1.54, 1.807) is 6.08 Å². The molecule has 4 aromatic carbocycles. The molecule has 0 atom stereocenters. The zero-order valence-electron chi connectivity index (χ0n) is 17.2. The van der Waals surface area contributed by atoms with Gasteiger partial charge in [0.25, 0.3) is 0 Å². The number of halogens is 1. The van der Waals surface area contributed by atoms with Crippen LogP contribution in [0.5, 0.6) is 0 Å². The quantitative estimate of drug-likeness (QED) is 0.258. The van der Waals surface area contributed by atoms with E-state index in [1.165, 1.54) is 0 Å². The van der Waals surface area contributed by atoms with Crippen molar-refractivity contribution in [3.8, 4) is 11.1 Å². The van der Waals surface area contributed by atoms with E-state index in [0.29, 0.717) is 16.6 Å². The number of rotatable bonds is 2. The Morgan fingerprint density at radius 2 is 1.41 bits per heavy atom. The van der Waals surface area contributed by atoms with Crippen LogP contribution in [0.2, 0.25) is 0 Å². The SMILES string of the molecule is C=C1C=C(Cl)N=C(c2cccc(-c3ccccc3)c2)c2oc3cc4ccccc4cc3c21. The maximum atomic E-state index is 6.48. The van der Waals surface area contributed by atoms with E-state index < -0.39 is 0 Å². The Balaban J connectivity index is 1.60. The molecule has 1 aliphatic rings. The van der Waals surface area contributed by atoms with Gasteiger partial charge >= 0.3 is 0 Å². The smallest absolute Gasteiger partial charge is 0.162 e. The molecule has 0 saturated carbocycles. The Kier molecular flexibility index (Phi) is 4.34. The molecule has 0 fully saturated rings. The number of hydrogen-bond donors (Lipinski definition) is 0. The maximum Gasteiger partial charge on any atom is 0.162 e. The van der Waals surface area contributed by atoms with Gasteiger partial charge in [-0.2, -0.15) is 0 Å². The summed E-state index contributed by atoms with van der Waals surface area (Å²) in [6.45, 7) is 4.27. The van der Waals surface area contributed by atoms with Gasteiger partial charge in [0.05, 0.1) is 0 Å². The van der Waals surface area contributed by atoms with E-state index >= 15 is 0 Å². The van der Waals surface area contributed by atoms with E-state index in [0.717, 1.165) is 49.6 Å². The molecule has 0 aliphatic carbocycles. The van der Waals surface area contributed by atoms with Gasteiger partial charge in [0, 0.05) is 16.5 Å². The lowest BCUT2D eigenvalue weighted by molar-refractivity contribution is 0.604. The van der Waals surface area contributed by atoms with Crippen LogP contribution in [0.15, 0.2) is 118 Å². The number of hydrogen-bond acceptors (Lipinski definition) is 2. The van der Waals surface area contributed by atoms with E-state index in [-0.39, 0.29) is 0 Å².